The fraction of sp³-hybridized carbons (Fsp3) is 0.353. The second-order valence-corrected chi connectivity index (χ2v) is 5.17. The largest absolute Gasteiger partial charge is 0.491 e. The molecular weight excluding hydrogens is 248 g/mol. The minimum absolute atomic E-state index is 0.211. The molecule has 3 heteroatoms. The number of nitrogens with one attached hydrogen (secondary N) is 1. The Morgan fingerprint density at radius 1 is 1.05 bits per heavy atom. The van der Waals surface area contributed by atoms with Gasteiger partial charge < -0.3 is 10.1 Å². The Bertz CT molecular complexity index is 508. The fourth-order valence-electron chi connectivity index (χ4n) is 1.97. The van der Waals surface area contributed by atoms with Gasteiger partial charge in [0, 0.05) is 18.8 Å². The van der Waals surface area contributed by atoms with Crippen LogP contribution in [0.15, 0.2) is 48.7 Å². The van der Waals surface area contributed by atoms with Crippen molar-refractivity contribution in [2.75, 3.05) is 0 Å². The zero-order valence-corrected chi connectivity index (χ0v) is 12.3. The van der Waals surface area contributed by atoms with E-state index in [2.05, 4.69) is 29.4 Å². The number of pyridine rings is 1. The summed E-state index contributed by atoms with van der Waals surface area (Å²) in [6.07, 6.45) is 2.04. The van der Waals surface area contributed by atoms with Crippen molar-refractivity contribution < 1.29 is 4.74 Å². The lowest BCUT2D eigenvalue weighted by Gasteiger charge is -2.14. The zero-order chi connectivity index (χ0) is 14.4. The predicted octanol–water partition coefficient (Wildman–Crippen LogP) is 3.72. The van der Waals surface area contributed by atoms with Crippen molar-refractivity contribution in [2.24, 2.45) is 0 Å². The molecule has 2 aromatic rings. The van der Waals surface area contributed by atoms with E-state index in [1.807, 2.05) is 50.4 Å². The molecule has 1 heterocycles. The third kappa shape index (κ3) is 4.35. The van der Waals surface area contributed by atoms with Gasteiger partial charge in [-0.15, -0.1) is 0 Å². The molecular formula is C17H22N2O. The van der Waals surface area contributed by atoms with Crippen molar-refractivity contribution in [3.05, 3.63) is 59.9 Å². The van der Waals surface area contributed by atoms with Gasteiger partial charge in [-0.3, -0.25) is 4.98 Å². The van der Waals surface area contributed by atoms with Gasteiger partial charge in [-0.1, -0.05) is 18.2 Å². The lowest BCUT2D eigenvalue weighted by molar-refractivity contribution is 0.242. The standard InChI is InChI=1S/C17H22N2O/c1-13(2)20-16-9-7-15(8-10-16)12-19-14(3)17-6-4-5-11-18-17/h4-11,13-14,19H,12H2,1-3H3/t14-/m0/s1. The van der Waals surface area contributed by atoms with Crippen LogP contribution in [-0.4, -0.2) is 11.1 Å². The summed E-state index contributed by atoms with van der Waals surface area (Å²) in [6.45, 7) is 7.01. The molecule has 20 heavy (non-hydrogen) atoms. The van der Waals surface area contributed by atoms with E-state index < -0.39 is 0 Å². The average molecular weight is 270 g/mol. The first-order valence-corrected chi connectivity index (χ1v) is 7.05. The van der Waals surface area contributed by atoms with E-state index in [1.54, 1.807) is 0 Å². The molecule has 3 nitrogen and oxygen atoms in total. The Morgan fingerprint density at radius 2 is 1.80 bits per heavy atom. The van der Waals surface area contributed by atoms with Gasteiger partial charge in [0.15, 0.2) is 0 Å². The van der Waals surface area contributed by atoms with Crippen LogP contribution in [0.3, 0.4) is 0 Å². The molecule has 106 valence electrons. The topological polar surface area (TPSA) is 34.1 Å². The van der Waals surface area contributed by atoms with Crippen molar-refractivity contribution >= 4 is 0 Å². The van der Waals surface area contributed by atoms with E-state index in [-0.39, 0.29) is 12.1 Å². The Labute approximate surface area is 121 Å². The van der Waals surface area contributed by atoms with Gasteiger partial charge in [-0.2, -0.15) is 0 Å². The third-order valence-corrected chi connectivity index (χ3v) is 3.04. The summed E-state index contributed by atoms with van der Waals surface area (Å²) in [5.74, 6) is 0.918. The van der Waals surface area contributed by atoms with Crippen molar-refractivity contribution in [1.82, 2.24) is 10.3 Å². The molecule has 0 aliphatic heterocycles. The van der Waals surface area contributed by atoms with Crippen molar-refractivity contribution in [3.63, 3.8) is 0 Å². The van der Waals surface area contributed by atoms with Crippen LogP contribution < -0.4 is 10.1 Å². The molecule has 0 aliphatic carbocycles. The molecule has 0 amide bonds. The molecule has 1 N–H and O–H groups in total. The number of nitrogens with zero attached hydrogens (tertiary/aromatic N) is 1. The first-order valence-electron chi connectivity index (χ1n) is 7.05. The van der Waals surface area contributed by atoms with E-state index in [9.17, 15) is 0 Å². The van der Waals surface area contributed by atoms with Crippen LogP contribution in [0.5, 0.6) is 5.75 Å². The van der Waals surface area contributed by atoms with Gasteiger partial charge in [-0.05, 0) is 50.6 Å². The molecule has 0 saturated carbocycles. The van der Waals surface area contributed by atoms with Gasteiger partial charge in [0.25, 0.3) is 0 Å². The van der Waals surface area contributed by atoms with Crippen LogP contribution in [0.2, 0.25) is 0 Å². The predicted molar refractivity (Wildman–Crippen MR) is 81.7 cm³/mol. The fourth-order valence-corrected chi connectivity index (χ4v) is 1.97. The highest BCUT2D eigenvalue weighted by molar-refractivity contribution is 5.27. The molecule has 1 aromatic carbocycles. The van der Waals surface area contributed by atoms with E-state index in [4.69, 9.17) is 4.74 Å². The number of hydrogen-bond donors (Lipinski definition) is 1. The van der Waals surface area contributed by atoms with Gasteiger partial charge in [0.1, 0.15) is 5.75 Å². The lowest BCUT2D eigenvalue weighted by Crippen LogP contribution is -2.18. The summed E-state index contributed by atoms with van der Waals surface area (Å²) < 4.78 is 5.63. The van der Waals surface area contributed by atoms with E-state index in [1.165, 1.54) is 5.56 Å². The Kier molecular flexibility index (Phi) is 5.13. The summed E-state index contributed by atoms with van der Waals surface area (Å²) in [5.41, 5.74) is 2.30. The maximum Gasteiger partial charge on any atom is 0.119 e. The number of ether oxygens (including phenoxy) is 1. The quantitative estimate of drug-likeness (QED) is 0.868. The third-order valence-electron chi connectivity index (χ3n) is 3.04. The van der Waals surface area contributed by atoms with Crippen molar-refractivity contribution in [1.29, 1.82) is 0 Å². The Hall–Kier alpha value is -1.87. The normalized spacial score (nSPS) is 12.4. The molecule has 0 fully saturated rings. The average Bonchev–Trinajstić information content (AvgIpc) is 2.46. The maximum absolute atomic E-state index is 5.63. The number of rotatable bonds is 6. The molecule has 1 aromatic heterocycles. The summed E-state index contributed by atoms with van der Waals surface area (Å²) in [7, 11) is 0. The molecule has 0 spiro atoms. The van der Waals surface area contributed by atoms with E-state index in [0.29, 0.717) is 0 Å². The summed E-state index contributed by atoms with van der Waals surface area (Å²) in [4.78, 5) is 4.36. The van der Waals surface area contributed by atoms with Gasteiger partial charge in [-0.25, -0.2) is 0 Å². The van der Waals surface area contributed by atoms with Crippen LogP contribution in [0.1, 0.15) is 38.1 Å². The second-order valence-electron chi connectivity index (χ2n) is 5.17. The molecule has 0 aliphatic rings. The smallest absolute Gasteiger partial charge is 0.119 e. The Balaban J connectivity index is 1.88. The molecule has 2 rings (SSSR count). The van der Waals surface area contributed by atoms with Crippen LogP contribution in [0.25, 0.3) is 0 Å². The highest BCUT2D eigenvalue weighted by Crippen LogP contribution is 2.15. The first kappa shape index (κ1) is 14.5. The maximum atomic E-state index is 5.63. The van der Waals surface area contributed by atoms with Crippen LogP contribution >= 0.6 is 0 Å². The van der Waals surface area contributed by atoms with E-state index >= 15 is 0 Å². The number of benzene rings is 1. The molecule has 0 radical (unpaired) electrons. The van der Waals surface area contributed by atoms with Crippen LogP contribution in [0.4, 0.5) is 0 Å². The molecule has 0 bridgehead atoms. The second kappa shape index (κ2) is 7.06. The SMILES string of the molecule is CC(C)Oc1ccc(CN[C@@H](C)c2ccccn2)cc1. The first-order chi connectivity index (χ1) is 9.65. The van der Waals surface area contributed by atoms with Gasteiger partial charge in [0.05, 0.1) is 11.8 Å². The minimum atomic E-state index is 0.211. The molecule has 0 unspecified atom stereocenters. The van der Waals surface area contributed by atoms with E-state index in [0.717, 1.165) is 18.0 Å². The van der Waals surface area contributed by atoms with Gasteiger partial charge in [0.2, 0.25) is 0 Å². The zero-order valence-electron chi connectivity index (χ0n) is 12.3. The monoisotopic (exact) mass is 270 g/mol. The summed E-state index contributed by atoms with van der Waals surface area (Å²) in [6, 6.07) is 14.4. The Morgan fingerprint density at radius 3 is 2.40 bits per heavy atom. The van der Waals surface area contributed by atoms with Crippen LogP contribution in [0, 0.1) is 0 Å². The molecule has 1 atom stereocenters. The minimum Gasteiger partial charge on any atom is -0.491 e. The van der Waals surface area contributed by atoms with Crippen molar-refractivity contribution in [3.8, 4) is 5.75 Å². The lowest BCUT2D eigenvalue weighted by atomic mass is 10.1. The van der Waals surface area contributed by atoms with Crippen LogP contribution in [-0.2, 0) is 6.54 Å². The number of hydrogen-bond acceptors (Lipinski definition) is 3. The number of aromatic nitrogens is 1. The highest BCUT2D eigenvalue weighted by Gasteiger charge is 2.05. The highest BCUT2D eigenvalue weighted by atomic mass is 16.5. The van der Waals surface area contributed by atoms with Gasteiger partial charge >= 0.3 is 0 Å². The summed E-state index contributed by atoms with van der Waals surface area (Å²) >= 11 is 0. The summed E-state index contributed by atoms with van der Waals surface area (Å²) in [5, 5.41) is 3.47. The van der Waals surface area contributed by atoms with Crippen molar-refractivity contribution in [2.45, 2.75) is 39.5 Å². The molecule has 0 saturated heterocycles.